The van der Waals surface area contributed by atoms with Crippen molar-refractivity contribution in [2.45, 2.75) is 6.92 Å². The van der Waals surface area contributed by atoms with Crippen molar-refractivity contribution in [3.05, 3.63) is 0 Å². The zero-order chi connectivity index (χ0) is 11.1. The molecular formula is C6H15F2O5P. The van der Waals surface area contributed by atoms with Crippen LogP contribution in [0.15, 0.2) is 0 Å². The van der Waals surface area contributed by atoms with Gasteiger partial charge >= 0.3 is 80.0 Å². The van der Waals surface area contributed by atoms with E-state index in [-0.39, 0.29) is 13.2 Å². The summed E-state index contributed by atoms with van der Waals surface area (Å²) in [4.78, 5) is 15.9. The number of hydrogen-bond acceptors (Lipinski definition) is 5. The third-order valence-electron chi connectivity index (χ3n) is 1.11. The van der Waals surface area contributed by atoms with Crippen LogP contribution in [-0.4, -0.2) is 42.8 Å². The summed E-state index contributed by atoms with van der Waals surface area (Å²) in [6, 6.07) is 0. The van der Waals surface area contributed by atoms with E-state index >= 15 is 0 Å². The Bertz CT molecular complexity index is 151. The Balaban J connectivity index is 3.23. The zero-order valence-electron chi connectivity index (χ0n) is 7.86. The van der Waals surface area contributed by atoms with E-state index in [1.807, 2.05) is 6.92 Å². The minimum absolute atomic E-state index is 0.139. The Hall–Kier alpha value is 0.0900. The average Bonchev–Trinajstić information content (AvgIpc) is 2.00. The molecule has 0 saturated carbocycles. The van der Waals surface area contributed by atoms with Gasteiger partial charge in [0.25, 0.3) is 0 Å². The van der Waals surface area contributed by atoms with E-state index in [0.29, 0.717) is 13.2 Å². The van der Waals surface area contributed by atoms with Crippen molar-refractivity contribution in [3.63, 3.8) is 0 Å². The summed E-state index contributed by atoms with van der Waals surface area (Å²) < 4.78 is 37.2. The van der Waals surface area contributed by atoms with Gasteiger partial charge in [0.15, 0.2) is 0 Å². The van der Waals surface area contributed by atoms with Gasteiger partial charge in [-0.2, -0.15) is 0 Å². The van der Waals surface area contributed by atoms with Crippen LogP contribution in [0.2, 0.25) is 0 Å². The van der Waals surface area contributed by atoms with E-state index in [1.54, 1.807) is 0 Å². The van der Waals surface area contributed by atoms with Crippen LogP contribution in [0.3, 0.4) is 0 Å². The molecule has 0 bridgehead atoms. The molecule has 0 aliphatic heterocycles. The van der Waals surface area contributed by atoms with Gasteiger partial charge in [-0.1, -0.05) is 0 Å². The summed E-state index contributed by atoms with van der Waals surface area (Å²) in [5.74, 6) is 0. The molecule has 0 atom stereocenters. The van der Waals surface area contributed by atoms with Gasteiger partial charge in [-0.05, 0) is 0 Å². The topological polar surface area (TPSA) is 68.2 Å². The first-order chi connectivity index (χ1) is 6.31. The molecule has 0 amide bonds. The summed E-state index contributed by atoms with van der Waals surface area (Å²) >= 11 is 0. The number of rotatable bonds is 8. The van der Waals surface area contributed by atoms with Gasteiger partial charge in [-0.15, -0.1) is 0 Å². The molecule has 8 heteroatoms. The Kier molecular flexibility index (Phi) is 5.88. The molecule has 88 valence electrons. The van der Waals surface area contributed by atoms with Gasteiger partial charge in [-0.25, -0.2) is 0 Å². The summed E-state index contributed by atoms with van der Waals surface area (Å²) in [5, 5.41) is 0. The fraction of sp³-hybridized carbons (Fsp3) is 1.00. The van der Waals surface area contributed by atoms with Gasteiger partial charge in [0.2, 0.25) is 0 Å². The van der Waals surface area contributed by atoms with Crippen molar-refractivity contribution in [1.82, 2.24) is 0 Å². The van der Waals surface area contributed by atoms with Gasteiger partial charge in [0.05, 0.1) is 0 Å². The molecule has 14 heavy (non-hydrogen) atoms. The predicted octanol–water partition coefficient (Wildman–Crippen LogP) is 1.11. The van der Waals surface area contributed by atoms with E-state index in [0.717, 1.165) is 0 Å². The van der Waals surface area contributed by atoms with E-state index < -0.39 is 14.5 Å². The number of hydrogen-bond donors (Lipinski definition) is 2. The van der Waals surface area contributed by atoms with Crippen LogP contribution in [0.25, 0.3) is 0 Å². The SMILES string of the molecule is CCOCCOCCOP(O)(O)(F)F. The minimum atomic E-state index is -6.80. The molecule has 5 nitrogen and oxygen atoms in total. The molecule has 0 spiro atoms. The second-order valence-electron chi connectivity index (χ2n) is 2.40. The Morgan fingerprint density at radius 3 is 2.00 bits per heavy atom. The van der Waals surface area contributed by atoms with Crippen molar-refractivity contribution in [2.75, 3.05) is 33.0 Å². The van der Waals surface area contributed by atoms with Crippen LogP contribution in [0, 0.1) is 0 Å². The molecule has 0 fully saturated rings. The predicted molar refractivity (Wildman–Crippen MR) is 46.8 cm³/mol. The van der Waals surface area contributed by atoms with Gasteiger partial charge in [-0.3, -0.25) is 0 Å². The van der Waals surface area contributed by atoms with Crippen LogP contribution >= 0.6 is 7.91 Å². The second-order valence-corrected chi connectivity index (χ2v) is 4.17. The molecule has 0 saturated heterocycles. The fourth-order valence-electron chi connectivity index (χ4n) is 0.611. The van der Waals surface area contributed by atoms with Gasteiger partial charge in [0.1, 0.15) is 0 Å². The summed E-state index contributed by atoms with van der Waals surface area (Å²) in [7, 11) is -6.80. The molecule has 0 aromatic heterocycles. The molecule has 0 aromatic rings. The van der Waals surface area contributed by atoms with E-state index in [9.17, 15) is 8.39 Å². The third kappa shape index (κ3) is 12.1. The van der Waals surface area contributed by atoms with Crippen molar-refractivity contribution in [3.8, 4) is 0 Å². The first kappa shape index (κ1) is 14.1. The molecule has 0 rings (SSSR count). The number of halogens is 2. The van der Waals surface area contributed by atoms with E-state index in [1.165, 1.54) is 0 Å². The standard InChI is InChI=1S/C6H15F2O5P/c1-2-11-3-4-12-5-6-13-14(7,8,9)10/h9-10H,2-6H2,1H3. The second kappa shape index (κ2) is 5.85. The summed E-state index contributed by atoms with van der Waals surface area (Å²) in [6.45, 7) is 2.28. The zero-order valence-corrected chi connectivity index (χ0v) is 8.75. The van der Waals surface area contributed by atoms with Crippen molar-refractivity contribution >= 4 is 7.91 Å². The van der Waals surface area contributed by atoms with Crippen LogP contribution < -0.4 is 0 Å². The number of ether oxygens (including phenoxy) is 2. The Labute approximate surface area is 81.0 Å². The quantitative estimate of drug-likeness (QED) is 0.488. The molecule has 0 radical (unpaired) electrons. The fourth-order valence-corrected chi connectivity index (χ4v) is 0.987. The van der Waals surface area contributed by atoms with Gasteiger partial charge < -0.3 is 0 Å². The maximum atomic E-state index is 12.0. The van der Waals surface area contributed by atoms with Crippen LogP contribution in [0.1, 0.15) is 6.92 Å². The molecule has 2 N–H and O–H groups in total. The molecule has 0 unspecified atom stereocenters. The van der Waals surface area contributed by atoms with Gasteiger partial charge in [0, 0.05) is 0 Å². The first-order valence-corrected chi connectivity index (χ1v) is 5.91. The maximum absolute atomic E-state index is 12.0. The molecule has 0 heterocycles. The van der Waals surface area contributed by atoms with Crippen molar-refractivity contribution in [2.24, 2.45) is 0 Å². The normalized spacial score (nSPS) is 15.1. The van der Waals surface area contributed by atoms with E-state index in [2.05, 4.69) is 4.52 Å². The molecule has 0 aliphatic rings. The van der Waals surface area contributed by atoms with Crippen molar-refractivity contribution < 1.29 is 32.2 Å². The summed E-state index contributed by atoms with van der Waals surface area (Å²) in [5.41, 5.74) is 0. The third-order valence-corrected chi connectivity index (χ3v) is 1.72. The van der Waals surface area contributed by atoms with Crippen molar-refractivity contribution in [1.29, 1.82) is 0 Å². The molecule has 0 aliphatic carbocycles. The Morgan fingerprint density at radius 1 is 1.00 bits per heavy atom. The van der Waals surface area contributed by atoms with Crippen LogP contribution in [0.4, 0.5) is 8.39 Å². The monoisotopic (exact) mass is 236 g/mol. The van der Waals surface area contributed by atoms with Crippen LogP contribution in [-0.2, 0) is 14.0 Å². The molecular weight excluding hydrogens is 221 g/mol. The Morgan fingerprint density at radius 2 is 1.50 bits per heavy atom. The van der Waals surface area contributed by atoms with E-state index in [4.69, 9.17) is 19.3 Å². The average molecular weight is 236 g/mol. The first-order valence-electron chi connectivity index (χ1n) is 4.07. The molecule has 0 aromatic carbocycles. The summed E-state index contributed by atoms with van der Waals surface area (Å²) in [6.07, 6.45) is 0. The van der Waals surface area contributed by atoms with Crippen LogP contribution in [0.5, 0.6) is 0 Å².